The molecule has 0 spiro atoms. The number of rotatable bonds is 6. The molecule has 5 heteroatoms. The van der Waals surface area contributed by atoms with Gasteiger partial charge in [-0.3, -0.25) is 0 Å². The SMILES string of the molecule is c1ccc(-c2ccc(-c3nc(-c4ccccc4)nc(-c4cccc5c6ccccc6n(-c6cccc7c6oc6cc(-c8ccccc8)ccc67)c45)n3)cc2)cc1. The highest BCUT2D eigenvalue weighted by Crippen LogP contribution is 2.42. The Bertz CT molecular complexity index is 3220. The molecule has 56 heavy (non-hydrogen) atoms. The monoisotopic (exact) mass is 716 g/mol. The summed E-state index contributed by atoms with van der Waals surface area (Å²) in [6.45, 7) is 0. The molecule has 0 unspecified atom stereocenters. The Hall–Kier alpha value is -7.63. The summed E-state index contributed by atoms with van der Waals surface area (Å²) < 4.78 is 9.17. The van der Waals surface area contributed by atoms with Gasteiger partial charge in [0.05, 0.1) is 16.7 Å². The Morgan fingerprint density at radius 1 is 0.357 bits per heavy atom. The van der Waals surface area contributed by atoms with Gasteiger partial charge in [-0.1, -0.05) is 164 Å². The topological polar surface area (TPSA) is 56.7 Å². The van der Waals surface area contributed by atoms with Crippen molar-refractivity contribution in [1.82, 2.24) is 19.5 Å². The predicted molar refractivity (Wildman–Crippen MR) is 229 cm³/mol. The zero-order valence-corrected chi connectivity index (χ0v) is 30.2. The van der Waals surface area contributed by atoms with Crippen LogP contribution in [0.4, 0.5) is 0 Å². The lowest BCUT2D eigenvalue weighted by atomic mass is 10.0. The van der Waals surface area contributed by atoms with Gasteiger partial charge in [-0.25, -0.2) is 15.0 Å². The number of benzene rings is 8. The second-order valence-corrected chi connectivity index (χ2v) is 14.0. The number of aromatic nitrogens is 4. The first kappa shape index (κ1) is 31.9. The van der Waals surface area contributed by atoms with E-state index in [1.807, 2.05) is 42.5 Å². The third kappa shape index (κ3) is 5.29. The number of hydrogen-bond acceptors (Lipinski definition) is 4. The fraction of sp³-hybridized carbons (Fsp3) is 0. The highest BCUT2D eigenvalue weighted by atomic mass is 16.3. The first-order valence-corrected chi connectivity index (χ1v) is 18.8. The van der Waals surface area contributed by atoms with Gasteiger partial charge in [-0.05, 0) is 52.6 Å². The van der Waals surface area contributed by atoms with E-state index in [0.717, 1.165) is 88.4 Å². The quantitative estimate of drug-likeness (QED) is 0.172. The Balaban J connectivity index is 1.14. The lowest BCUT2D eigenvalue weighted by Gasteiger charge is -2.13. The molecule has 11 aromatic rings. The number of nitrogens with zero attached hydrogens (tertiary/aromatic N) is 4. The molecule has 3 aromatic heterocycles. The Kier molecular flexibility index (Phi) is 7.42. The summed E-state index contributed by atoms with van der Waals surface area (Å²) >= 11 is 0. The average Bonchev–Trinajstić information content (AvgIpc) is 3.83. The van der Waals surface area contributed by atoms with Crippen molar-refractivity contribution in [2.45, 2.75) is 0 Å². The van der Waals surface area contributed by atoms with Crippen LogP contribution in [0.25, 0.3) is 106 Å². The van der Waals surface area contributed by atoms with E-state index in [-0.39, 0.29) is 0 Å². The summed E-state index contributed by atoms with van der Waals surface area (Å²) in [6, 6.07) is 67.3. The normalized spacial score (nSPS) is 11.6. The van der Waals surface area contributed by atoms with E-state index in [0.29, 0.717) is 17.5 Å². The van der Waals surface area contributed by atoms with Gasteiger partial charge in [-0.2, -0.15) is 0 Å². The zero-order chi connectivity index (χ0) is 37.0. The molecule has 0 saturated carbocycles. The first-order chi connectivity index (χ1) is 27.8. The smallest absolute Gasteiger partial charge is 0.166 e. The van der Waals surface area contributed by atoms with Crippen molar-refractivity contribution < 1.29 is 4.42 Å². The van der Waals surface area contributed by atoms with Crippen LogP contribution in [-0.2, 0) is 0 Å². The maximum atomic E-state index is 6.85. The molecule has 8 aromatic carbocycles. The Labute approximate surface area is 322 Å². The van der Waals surface area contributed by atoms with Crippen molar-refractivity contribution in [2.24, 2.45) is 0 Å². The predicted octanol–water partition coefficient (Wildman–Crippen LogP) is 13.2. The van der Waals surface area contributed by atoms with Crippen LogP contribution in [0.15, 0.2) is 199 Å². The third-order valence-electron chi connectivity index (χ3n) is 10.7. The van der Waals surface area contributed by atoms with Crippen LogP contribution in [0.1, 0.15) is 0 Å². The standard InChI is InChI=1S/C51H32N4O/c1-4-14-33(15-5-1)35-26-28-37(29-27-35)50-52-49(36-18-8-3-9-19-36)53-51(54-50)43-23-12-21-41-39-20-10-11-24-44(39)55(47(41)43)45-25-13-22-42-40-31-30-38(32-46(40)56-48(42)45)34-16-6-2-7-17-34/h1-32H. The molecule has 0 aliphatic rings. The molecule has 3 heterocycles. The van der Waals surface area contributed by atoms with Crippen molar-refractivity contribution in [3.63, 3.8) is 0 Å². The van der Waals surface area contributed by atoms with Gasteiger partial charge in [0.25, 0.3) is 0 Å². The molecule has 0 fully saturated rings. The molecule has 0 radical (unpaired) electrons. The minimum Gasteiger partial charge on any atom is -0.454 e. The molecule has 0 atom stereocenters. The Morgan fingerprint density at radius 2 is 0.875 bits per heavy atom. The molecule has 0 saturated heterocycles. The minimum atomic E-state index is 0.597. The molecule has 262 valence electrons. The van der Waals surface area contributed by atoms with Gasteiger partial charge in [0.2, 0.25) is 0 Å². The van der Waals surface area contributed by atoms with E-state index in [1.54, 1.807) is 0 Å². The lowest BCUT2D eigenvalue weighted by Crippen LogP contribution is -2.02. The summed E-state index contributed by atoms with van der Waals surface area (Å²) in [6.07, 6.45) is 0. The van der Waals surface area contributed by atoms with Gasteiger partial charge in [-0.15, -0.1) is 0 Å². The molecular weight excluding hydrogens is 685 g/mol. The van der Waals surface area contributed by atoms with Crippen LogP contribution >= 0.6 is 0 Å². The molecular formula is C51H32N4O. The largest absolute Gasteiger partial charge is 0.454 e. The van der Waals surface area contributed by atoms with E-state index in [4.69, 9.17) is 19.4 Å². The van der Waals surface area contributed by atoms with Crippen molar-refractivity contribution in [1.29, 1.82) is 0 Å². The van der Waals surface area contributed by atoms with Crippen molar-refractivity contribution >= 4 is 43.7 Å². The lowest BCUT2D eigenvalue weighted by molar-refractivity contribution is 0.666. The number of hydrogen-bond donors (Lipinski definition) is 0. The van der Waals surface area contributed by atoms with Crippen LogP contribution in [0.3, 0.4) is 0 Å². The average molecular weight is 717 g/mol. The summed E-state index contributed by atoms with van der Waals surface area (Å²) in [5, 5.41) is 4.38. The van der Waals surface area contributed by atoms with Crippen LogP contribution in [-0.4, -0.2) is 19.5 Å². The summed E-state index contributed by atoms with van der Waals surface area (Å²) in [5.41, 5.74) is 12.0. The summed E-state index contributed by atoms with van der Waals surface area (Å²) in [5.74, 6) is 1.83. The summed E-state index contributed by atoms with van der Waals surface area (Å²) in [4.78, 5) is 15.5. The van der Waals surface area contributed by atoms with Gasteiger partial charge < -0.3 is 8.98 Å². The fourth-order valence-corrected chi connectivity index (χ4v) is 8.00. The van der Waals surface area contributed by atoms with Crippen LogP contribution < -0.4 is 0 Å². The number of para-hydroxylation sites is 3. The Morgan fingerprint density at radius 3 is 1.61 bits per heavy atom. The molecule has 0 aliphatic heterocycles. The van der Waals surface area contributed by atoms with E-state index in [2.05, 4.69) is 156 Å². The molecule has 0 bridgehead atoms. The molecule has 11 rings (SSSR count). The molecule has 0 amide bonds. The maximum Gasteiger partial charge on any atom is 0.166 e. The van der Waals surface area contributed by atoms with E-state index < -0.39 is 0 Å². The van der Waals surface area contributed by atoms with Crippen LogP contribution in [0.5, 0.6) is 0 Å². The van der Waals surface area contributed by atoms with Crippen LogP contribution in [0.2, 0.25) is 0 Å². The van der Waals surface area contributed by atoms with Crippen molar-refractivity contribution in [3.05, 3.63) is 194 Å². The van der Waals surface area contributed by atoms with E-state index in [1.165, 1.54) is 0 Å². The number of fused-ring (bicyclic) bond motifs is 6. The zero-order valence-electron chi connectivity index (χ0n) is 30.2. The van der Waals surface area contributed by atoms with E-state index >= 15 is 0 Å². The van der Waals surface area contributed by atoms with Gasteiger partial charge in [0.15, 0.2) is 23.1 Å². The van der Waals surface area contributed by atoms with Crippen molar-refractivity contribution in [3.8, 4) is 62.1 Å². The highest BCUT2D eigenvalue weighted by molar-refractivity contribution is 6.15. The summed E-state index contributed by atoms with van der Waals surface area (Å²) in [7, 11) is 0. The first-order valence-electron chi connectivity index (χ1n) is 18.8. The van der Waals surface area contributed by atoms with Gasteiger partial charge in [0.1, 0.15) is 5.58 Å². The number of furan rings is 1. The van der Waals surface area contributed by atoms with Gasteiger partial charge in [0, 0.05) is 38.2 Å². The molecule has 0 aliphatic carbocycles. The van der Waals surface area contributed by atoms with Crippen molar-refractivity contribution in [2.75, 3.05) is 0 Å². The molecule has 5 nitrogen and oxygen atoms in total. The molecule has 0 N–H and O–H groups in total. The van der Waals surface area contributed by atoms with Gasteiger partial charge >= 0.3 is 0 Å². The minimum absolute atomic E-state index is 0.597. The highest BCUT2D eigenvalue weighted by Gasteiger charge is 2.22. The fourth-order valence-electron chi connectivity index (χ4n) is 8.00. The third-order valence-corrected chi connectivity index (χ3v) is 10.7. The van der Waals surface area contributed by atoms with Crippen LogP contribution in [0, 0.1) is 0 Å². The maximum absolute atomic E-state index is 6.85. The van der Waals surface area contributed by atoms with E-state index in [9.17, 15) is 0 Å². The second-order valence-electron chi connectivity index (χ2n) is 14.0. The second kappa shape index (κ2) is 13.0.